The maximum Gasteiger partial charge on any atom is 0.338 e. The zero-order valence-corrected chi connectivity index (χ0v) is 13.9. The van der Waals surface area contributed by atoms with Gasteiger partial charge in [0, 0.05) is 6.00 Å². The van der Waals surface area contributed by atoms with Crippen LogP contribution in [0.3, 0.4) is 0 Å². The summed E-state index contributed by atoms with van der Waals surface area (Å²) in [7, 11) is 5.68. The quantitative estimate of drug-likeness (QED) is 0.660. The van der Waals surface area contributed by atoms with E-state index in [4.69, 9.17) is 22.1 Å². The average molecular weight is 352 g/mol. The van der Waals surface area contributed by atoms with Gasteiger partial charge in [-0.05, 0) is 24.3 Å². The van der Waals surface area contributed by atoms with Crippen molar-refractivity contribution in [3.8, 4) is 0 Å². The lowest BCUT2D eigenvalue weighted by Crippen LogP contribution is -2.56. The highest BCUT2D eigenvalue weighted by Crippen LogP contribution is 2.22. The Balaban J connectivity index is 1.74. The van der Waals surface area contributed by atoms with E-state index in [1.54, 1.807) is 60.7 Å². The molecule has 1 aliphatic heterocycles. The first-order valence-corrected chi connectivity index (χ1v) is 8.13. The molecule has 0 bridgehead atoms. The van der Waals surface area contributed by atoms with Crippen LogP contribution in [0.15, 0.2) is 60.7 Å². The molecule has 132 valence electrons. The van der Waals surface area contributed by atoms with E-state index in [1.165, 1.54) is 0 Å². The van der Waals surface area contributed by atoms with E-state index in [-0.39, 0.29) is 6.61 Å². The standard InChI is InChI=1S/C19H17BO6/c20-17-15(21)16(26-19(23)13-9-5-2-6-10-13)14(11-24-17)25-18(22)12-7-3-1-4-8-12/h1-10,14-17,21H,11H2/t14-,15+,16-,17-/m0/s1. The molecule has 2 aromatic rings. The lowest BCUT2D eigenvalue weighted by molar-refractivity contribution is -0.167. The monoisotopic (exact) mass is 352 g/mol. The summed E-state index contributed by atoms with van der Waals surface area (Å²) in [6.45, 7) is -0.0937. The molecule has 1 aliphatic rings. The van der Waals surface area contributed by atoms with Crippen molar-refractivity contribution in [3.05, 3.63) is 71.8 Å². The van der Waals surface area contributed by atoms with Gasteiger partial charge < -0.3 is 19.3 Å². The van der Waals surface area contributed by atoms with E-state index in [2.05, 4.69) is 0 Å². The summed E-state index contributed by atoms with van der Waals surface area (Å²) >= 11 is 0. The number of carbonyl (C=O) groups excluding carboxylic acids is 2. The van der Waals surface area contributed by atoms with Gasteiger partial charge in [-0.25, -0.2) is 9.59 Å². The molecule has 0 amide bonds. The van der Waals surface area contributed by atoms with Gasteiger partial charge in [0.15, 0.2) is 12.2 Å². The third-order valence-corrected chi connectivity index (χ3v) is 4.01. The number of aliphatic hydroxyl groups excluding tert-OH is 1. The highest BCUT2D eigenvalue weighted by atomic mass is 16.6. The van der Waals surface area contributed by atoms with Gasteiger partial charge in [0.1, 0.15) is 14.0 Å². The van der Waals surface area contributed by atoms with E-state index < -0.39 is 36.3 Å². The fourth-order valence-electron chi connectivity index (χ4n) is 2.60. The first-order valence-electron chi connectivity index (χ1n) is 8.13. The van der Waals surface area contributed by atoms with Crippen molar-refractivity contribution in [2.24, 2.45) is 0 Å². The molecule has 1 N–H and O–H groups in total. The Hall–Kier alpha value is -2.64. The summed E-state index contributed by atoms with van der Waals surface area (Å²) in [4.78, 5) is 24.6. The first-order chi connectivity index (χ1) is 12.6. The van der Waals surface area contributed by atoms with Crippen LogP contribution in [0.2, 0.25) is 0 Å². The van der Waals surface area contributed by atoms with Gasteiger partial charge >= 0.3 is 11.9 Å². The largest absolute Gasteiger partial charge is 0.452 e. The summed E-state index contributed by atoms with van der Waals surface area (Å²) in [6, 6.07) is 15.6. The van der Waals surface area contributed by atoms with Gasteiger partial charge in [-0.3, -0.25) is 0 Å². The Morgan fingerprint density at radius 2 is 1.42 bits per heavy atom. The lowest BCUT2D eigenvalue weighted by Gasteiger charge is -2.38. The summed E-state index contributed by atoms with van der Waals surface area (Å²) in [5.41, 5.74) is 0.651. The van der Waals surface area contributed by atoms with E-state index in [1.807, 2.05) is 0 Å². The van der Waals surface area contributed by atoms with Crippen LogP contribution in [0.4, 0.5) is 0 Å². The number of hydrogen-bond donors (Lipinski definition) is 1. The third-order valence-electron chi connectivity index (χ3n) is 4.01. The van der Waals surface area contributed by atoms with Crippen LogP contribution in [0, 0.1) is 0 Å². The Labute approximate surface area is 152 Å². The second kappa shape index (κ2) is 8.16. The Bertz CT molecular complexity index is 751. The normalized spacial score (nSPS) is 25.3. The molecule has 0 unspecified atom stereocenters. The zero-order valence-electron chi connectivity index (χ0n) is 13.9. The molecular weight excluding hydrogens is 335 g/mol. The highest BCUT2D eigenvalue weighted by Gasteiger charge is 2.42. The molecule has 3 rings (SSSR count). The number of rotatable bonds is 4. The summed E-state index contributed by atoms with van der Waals surface area (Å²) in [6.07, 6.45) is -3.45. The van der Waals surface area contributed by atoms with Gasteiger partial charge in [0.05, 0.1) is 17.7 Å². The van der Waals surface area contributed by atoms with Crippen LogP contribution in [-0.4, -0.2) is 55.8 Å². The molecule has 0 aromatic heterocycles. The van der Waals surface area contributed by atoms with Crippen LogP contribution in [0.5, 0.6) is 0 Å². The van der Waals surface area contributed by atoms with Gasteiger partial charge in [-0.2, -0.15) is 0 Å². The van der Waals surface area contributed by atoms with E-state index >= 15 is 0 Å². The number of carbonyl (C=O) groups is 2. The van der Waals surface area contributed by atoms with Crippen LogP contribution in [0.1, 0.15) is 20.7 Å². The summed E-state index contributed by atoms with van der Waals surface area (Å²) < 4.78 is 16.0. The van der Waals surface area contributed by atoms with E-state index in [9.17, 15) is 14.7 Å². The van der Waals surface area contributed by atoms with Gasteiger partial charge in [-0.1, -0.05) is 36.4 Å². The number of ether oxygens (including phenoxy) is 3. The lowest BCUT2D eigenvalue weighted by atomic mass is 9.86. The number of benzene rings is 2. The fourth-order valence-corrected chi connectivity index (χ4v) is 2.60. The number of esters is 2. The predicted molar refractivity (Wildman–Crippen MR) is 92.8 cm³/mol. The molecule has 4 atom stereocenters. The molecule has 2 radical (unpaired) electrons. The van der Waals surface area contributed by atoms with Crippen molar-refractivity contribution in [3.63, 3.8) is 0 Å². The maximum absolute atomic E-state index is 12.3. The van der Waals surface area contributed by atoms with Crippen molar-refractivity contribution < 1.29 is 28.9 Å². The van der Waals surface area contributed by atoms with E-state index in [0.717, 1.165) is 0 Å². The summed E-state index contributed by atoms with van der Waals surface area (Å²) in [5, 5.41) is 10.3. The predicted octanol–water partition coefficient (Wildman–Crippen LogP) is 1.32. The second-order valence-electron chi connectivity index (χ2n) is 5.83. The van der Waals surface area contributed by atoms with Crippen molar-refractivity contribution in [1.29, 1.82) is 0 Å². The van der Waals surface area contributed by atoms with Gasteiger partial charge in [0.2, 0.25) is 0 Å². The topological polar surface area (TPSA) is 82.1 Å². The SMILES string of the molecule is [B][C@H]1OC[C@H](OC(=O)c2ccccc2)[C@H](OC(=O)c2ccccc2)[C@H]1O. The molecule has 2 aromatic carbocycles. The fraction of sp³-hybridized carbons (Fsp3) is 0.263. The van der Waals surface area contributed by atoms with Crippen molar-refractivity contribution in [2.75, 3.05) is 6.61 Å². The minimum atomic E-state index is -1.33. The van der Waals surface area contributed by atoms with Crippen molar-refractivity contribution in [2.45, 2.75) is 24.3 Å². The molecule has 0 spiro atoms. The zero-order chi connectivity index (χ0) is 18.5. The average Bonchev–Trinajstić information content (AvgIpc) is 2.68. The number of hydrogen-bond acceptors (Lipinski definition) is 6. The Kier molecular flexibility index (Phi) is 5.70. The van der Waals surface area contributed by atoms with Gasteiger partial charge in [0.25, 0.3) is 0 Å². The minimum Gasteiger partial charge on any atom is -0.452 e. The first kappa shape index (κ1) is 18.2. The molecule has 0 aliphatic carbocycles. The third kappa shape index (κ3) is 4.12. The molecule has 1 saturated heterocycles. The molecule has 6 nitrogen and oxygen atoms in total. The van der Waals surface area contributed by atoms with Crippen LogP contribution < -0.4 is 0 Å². The Morgan fingerprint density at radius 1 is 0.923 bits per heavy atom. The maximum atomic E-state index is 12.3. The van der Waals surface area contributed by atoms with Crippen LogP contribution in [0.25, 0.3) is 0 Å². The highest BCUT2D eigenvalue weighted by molar-refractivity contribution is 6.11. The molecule has 1 fully saturated rings. The van der Waals surface area contributed by atoms with Crippen LogP contribution >= 0.6 is 0 Å². The molecule has 1 heterocycles. The van der Waals surface area contributed by atoms with E-state index in [0.29, 0.717) is 11.1 Å². The van der Waals surface area contributed by atoms with Crippen molar-refractivity contribution in [1.82, 2.24) is 0 Å². The molecule has 0 saturated carbocycles. The van der Waals surface area contributed by atoms with Gasteiger partial charge in [-0.15, -0.1) is 0 Å². The van der Waals surface area contributed by atoms with Crippen LogP contribution in [-0.2, 0) is 14.2 Å². The summed E-state index contributed by atoms with van der Waals surface area (Å²) in [5.74, 6) is -1.26. The van der Waals surface area contributed by atoms with Crippen molar-refractivity contribution >= 4 is 19.8 Å². The number of aliphatic hydroxyl groups is 1. The molecule has 7 heteroatoms. The molecular formula is C19H17BO6. The Morgan fingerprint density at radius 3 is 1.96 bits per heavy atom. The molecule has 26 heavy (non-hydrogen) atoms. The second-order valence-corrected chi connectivity index (χ2v) is 5.83. The minimum absolute atomic E-state index is 0.0937. The smallest absolute Gasteiger partial charge is 0.338 e.